The first kappa shape index (κ1) is 8.75. The molecule has 0 fully saturated rings. The van der Waals surface area contributed by atoms with Crippen LogP contribution in [0.15, 0.2) is 33.8 Å². The molecular formula is C10H11BrN2. The zero-order chi connectivity index (χ0) is 9.26. The summed E-state index contributed by atoms with van der Waals surface area (Å²) >= 11 is 3.45. The molecule has 2 nitrogen and oxygen atoms in total. The molecule has 0 aromatic heterocycles. The monoisotopic (exact) mass is 238 g/mol. The largest absolute Gasteiger partial charge is 0.309 e. The molecule has 1 heterocycles. The molecule has 0 saturated carbocycles. The molecule has 1 N–H and O–H groups in total. The van der Waals surface area contributed by atoms with Crippen LogP contribution in [-0.2, 0) is 0 Å². The second kappa shape index (κ2) is 3.50. The molecule has 1 aliphatic heterocycles. The third-order valence-corrected chi connectivity index (χ3v) is 2.68. The van der Waals surface area contributed by atoms with E-state index in [1.165, 1.54) is 5.56 Å². The van der Waals surface area contributed by atoms with E-state index in [-0.39, 0.29) is 0 Å². The molecule has 0 radical (unpaired) electrons. The lowest BCUT2D eigenvalue weighted by atomic mass is 10.00. The number of hydrogen-bond acceptors (Lipinski definition) is 2. The van der Waals surface area contributed by atoms with Crippen LogP contribution in [-0.4, -0.2) is 12.3 Å². The van der Waals surface area contributed by atoms with Gasteiger partial charge < -0.3 is 5.43 Å². The zero-order valence-corrected chi connectivity index (χ0v) is 9.01. The molecule has 1 aliphatic rings. The van der Waals surface area contributed by atoms with Gasteiger partial charge in [0.15, 0.2) is 0 Å². The lowest BCUT2D eigenvalue weighted by Gasteiger charge is -2.05. The Kier molecular flexibility index (Phi) is 2.36. The van der Waals surface area contributed by atoms with Crippen molar-refractivity contribution in [2.45, 2.75) is 6.92 Å². The predicted molar refractivity (Wildman–Crippen MR) is 57.8 cm³/mol. The van der Waals surface area contributed by atoms with Gasteiger partial charge in [0.1, 0.15) is 0 Å². The maximum absolute atomic E-state index is 4.27. The molecule has 0 bridgehead atoms. The summed E-state index contributed by atoms with van der Waals surface area (Å²) in [6.45, 7) is 3.13. The molecule has 0 spiro atoms. The molecular weight excluding hydrogens is 228 g/mol. The number of halogens is 1. The van der Waals surface area contributed by atoms with Crippen LogP contribution in [0.5, 0.6) is 0 Å². The lowest BCUT2D eigenvalue weighted by molar-refractivity contribution is 0.708. The van der Waals surface area contributed by atoms with Crippen molar-refractivity contribution in [2.24, 2.45) is 11.0 Å². The van der Waals surface area contributed by atoms with Crippen LogP contribution in [0.1, 0.15) is 12.5 Å². The highest BCUT2D eigenvalue weighted by molar-refractivity contribution is 9.10. The van der Waals surface area contributed by atoms with E-state index in [1.54, 1.807) is 0 Å². The van der Waals surface area contributed by atoms with Gasteiger partial charge in [-0.1, -0.05) is 35.0 Å². The number of nitrogens with one attached hydrogen (secondary N) is 1. The second-order valence-electron chi connectivity index (χ2n) is 3.27. The molecule has 1 atom stereocenters. The third kappa shape index (κ3) is 1.75. The van der Waals surface area contributed by atoms with Gasteiger partial charge in [-0.05, 0) is 17.7 Å². The maximum atomic E-state index is 4.27. The van der Waals surface area contributed by atoms with E-state index < -0.39 is 0 Å². The standard InChI is InChI=1S/C10H11BrN2/c1-7-6-12-13-10(7)8-3-2-4-9(11)5-8/h2-5,7,12H,6H2,1H3. The van der Waals surface area contributed by atoms with Crippen molar-refractivity contribution in [1.29, 1.82) is 0 Å². The van der Waals surface area contributed by atoms with Crippen LogP contribution in [0, 0.1) is 5.92 Å². The summed E-state index contributed by atoms with van der Waals surface area (Å²) in [7, 11) is 0. The van der Waals surface area contributed by atoms with E-state index in [2.05, 4.69) is 45.5 Å². The summed E-state index contributed by atoms with van der Waals surface area (Å²) in [6, 6.07) is 8.25. The number of rotatable bonds is 1. The van der Waals surface area contributed by atoms with Crippen molar-refractivity contribution in [3.05, 3.63) is 34.3 Å². The summed E-state index contributed by atoms with van der Waals surface area (Å²) in [4.78, 5) is 0. The molecule has 1 aromatic carbocycles. The highest BCUT2D eigenvalue weighted by atomic mass is 79.9. The van der Waals surface area contributed by atoms with Crippen molar-refractivity contribution in [3.8, 4) is 0 Å². The van der Waals surface area contributed by atoms with Gasteiger partial charge in [-0.2, -0.15) is 5.10 Å². The smallest absolute Gasteiger partial charge is 0.0721 e. The Balaban J connectivity index is 2.35. The molecule has 0 aliphatic carbocycles. The number of benzene rings is 1. The van der Waals surface area contributed by atoms with Crippen molar-refractivity contribution in [3.63, 3.8) is 0 Å². The van der Waals surface area contributed by atoms with Gasteiger partial charge >= 0.3 is 0 Å². The minimum absolute atomic E-state index is 0.509. The van der Waals surface area contributed by atoms with E-state index in [0.717, 1.165) is 16.7 Å². The fourth-order valence-electron chi connectivity index (χ4n) is 1.47. The number of hydrazone groups is 1. The van der Waals surface area contributed by atoms with E-state index in [1.807, 2.05) is 12.1 Å². The maximum Gasteiger partial charge on any atom is 0.0721 e. The van der Waals surface area contributed by atoms with Crippen LogP contribution in [0.3, 0.4) is 0 Å². The van der Waals surface area contributed by atoms with Gasteiger partial charge in [-0.15, -0.1) is 0 Å². The van der Waals surface area contributed by atoms with Crippen molar-refractivity contribution in [2.75, 3.05) is 6.54 Å². The SMILES string of the molecule is CC1CNN=C1c1cccc(Br)c1. The lowest BCUT2D eigenvalue weighted by Crippen LogP contribution is -2.12. The topological polar surface area (TPSA) is 24.4 Å². The van der Waals surface area contributed by atoms with Crippen LogP contribution in [0.25, 0.3) is 0 Å². The second-order valence-corrected chi connectivity index (χ2v) is 4.19. The van der Waals surface area contributed by atoms with Gasteiger partial charge in [0.05, 0.1) is 5.71 Å². The van der Waals surface area contributed by atoms with Crippen LogP contribution < -0.4 is 5.43 Å². The molecule has 1 aromatic rings. The van der Waals surface area contributed by atoms with Crippen molar-refractivity contribution >= 4 is 21.6 Å². The summed E-state index contributed by atoms with van der Waals surface area (Å²) < 4.78 is 1.10. The normalized spacial score (nSPS) is 21.1. The number of nitrogens with zero attached hydrogens (tertiary/aromatic N) is 1. The molecule has 13 heavy (non-hydrogen) atoms. The Morgan fingerprint density at radius 1 is 1.54 bits per heavy atom. The highest BCUT2D eigenvalue weighted by Gasteiger charge is 2.17. The first-order valence-electron chi connectivity index (χ1n) is 4.34. The van der Waals surface area contributed by atoms with Crippen molar-refractivity contribution in [1.82, 2.24) is 5.43 Å². The predicted octanol–water partition coefficient (Wildman–Crippen LogP) is 2.39. The number of hydrogen-bond donors (Lipinski definition) is 1. The van der Waals surface area contributed by atoms with Crippen LogP contribution >= 0.6 is 15.9 Å². The average Bonchev–Trinajstić information content (AvgIpc) is 2.51. The van der Waals surface area contributed by atoms with E-state index in [0.29, 0.717) is 5.92 Å². The average molecular weight is 239 g/mol. The molecule has 1 unspecified atom stereocenters. The van der Waals surface area contributed by atoms with Gasteiger partial charge in [0.2, 0.25) is 0 Å². The van der Waals surface area contributed by atoms with Gasteiger partial charge in [-0.3, -0.25) is 0 Å². The summed E-state index contributed by atoms with van der Waals surface area (Å²) in [5.41, 5.74) is 5.37. The minimum Gasteiger partial charge on any atom is -0.309 e. The van der Waals surface area contributed by atoms with Gasteiger partial charge in [-0.25, -0.2) is 0 Å². The molecule has 3 heteroatoms. The fourth-order valence-corrected chi connectivity index (χ4v) is 1.87. The van der Waals surface area contributed by atoms with Crippen LogP contribution in [0.4, 0.5) is 0 Å². The summed E-state index contributed by atoms with van der Waals surface area (Å²) in [5, 5.41) is 4.27. The first-order chi connectivity index (χ1) is 6.27. The minimum atomic E-state index is 0.509. The summed E-state index contributed by atoms with van der Waals surface area (Å²) in [6.07, 6.45) is 0. The Labute approximate surface area is 86.2 Å². The van der Waals surface area contributed by atoms with Gasteiger partial charge in [0.25, 0.3) is 0 Å². The Morgan fingerprint density at radius 2 is 2.38 bits per heavy atom. The van der Waals surface area contributed by atoms with Crippen LogP contribution in [0.2, 0.25) is 0 Å². The van der Waals surface area contributed by atoms with E-state index in [4.69, 9.17) is 0 Å². The van der Waals surface area contributed by atoms with Gasteiger partial charge in [0, 0.05) is 16.9 Å². The summed E-state index contributed by atoms with van der Waals surface area (Å²) in [5.74, 6) is 0.509. The Hall–Kier alpha value is -0.830. The van der Waals surface area contributed by atoms with Crippen molar-refractivity contribution < 1.29 is 0 Å². The Bertz CT molecular complexity index is 347. The van der Waals surface area contributed by atoms with E-state index >= 15 is 0 Å². The molecule has 68 valence electrons. The Morgan fingerprint density at radius 3 is 3.00 bits per heavy atom. The first-order valence-corrected chi connectivity index (χ1v) is 5.13. The zero-order valence-electron chi connectivity index (χ0n) is 7.42. The van der Waals surface area contributed by atoms with E-state index in [9.17, 15) is 0 Å². The molecule has 0 saturated heterocycles. The highest BCUT2D eigenvalue weighted by Crippen LogP contribution is 2.17. The molecule has 0 amide bonds. The third-order valence-electron chi connectivity index (χ3n) is 2.18. The fraction of sp³-hybridized carbons (Fsp3) is 0.300. The quantitative estimate of drug-likeness (QED) is 0.799. The molecule has 2 rings (SSSR count).